The third kappa shape index (κ3) is 2.75. The Bertz CT molecular complexity index is 386. The topological polar surface area (TPSA) is 40.5 Å². The molecule has 1 aliphatic heterocycles. The van der Waals surface area contributed by atoms with Gasteiger partial charge in [-0.1, -0.05) is 37.3 Å². The van der Waals surface area contributed by atoms with Crippen molar-refractivity contribution in [2.75, 3.05) is 19.6 Å². The molecule has 0 unspecified atom stereocenters. The molecule has 1 fully saturated rings. The van der Waals surface area contributed by atoms with Crippen LogP contribution >= 0.6 is 17.0 Å². The van der Waals surface area contributed by atoms with Gasteiger partial charge < -0.3 is 10.0 Å². The summed E-state index contributed by atoms with van der Waals surface area (Å²) in [6, 6.07) is 9.66. The van der Waals surface area contributed by atoms with E-state index < -0.39 is 11.4 Å². The van der Waals surface area contributed by atoms with Gasteiger partial charge in [-0.05, 0) is 38.0 Å². The maximum atomic E-state index is 11.7. The Morgan fingerprint density at radius 3 is 2.28 bits per heavy atom. The lowest BCUT2D eigenvalue weighted by molar-refractivity contribution is -0.146. The molecule has 1 N–H and O–H groups in total. The molecular formula is C14H20BrNO2. The maximum absolute atomic E-state index is 11.7. The van der Waals surface area contributed by atoms with E-state index in [0.717, 1.165) is 25.2 Å². The molecule has 3 nitrogen and oxygen atoms in total. The van der Waals surface area contributed by atoms with Crippen LogP contribution in [0.3, 0.4) is 0 Å². The number of nitrogens with zero attached hydrogens (tertiary/aromatic N) is 1. The Kier molecular flexibility index (Phi) is 5.35. The zero-order valence-corrected chi connectivity index (χ0v) is 12.3. The number of piperidine rings is 1. The van der Waals surface area contributed by atoms with Crippen LogP contribution in [0.25, 0.3) is 0 Å². The second kappa shape index (κ2) is 6.34. The highest BCUT2D eigenvalue weighted by atomic mass is 79.9. The summed E-state index contributed by atoms with van der Waals surface area (Å²) >= 11 is 0. The second-order valence-electron chi connectivity index (χ2n) is 4.69. The number of carboxylic acid groups (broad SMARTS) is 1. The van der Waals surface area contributed by atoms with Gasteiger partial charge in [0.25, 0.3) is 0 Å². The van der Waals surface area contributed by atoms with Crippen molar-refractivity contribution in [1.29, 1.82) is 0 Å². The Labute approximate surface area is 119 Å². The average Bonchev–Trinajstić information content (AvgIpc) is 2.39. The molecule has 0 saturated carbocycles. The third-order valence-corrected chi connectivity index (χ3v) is 3.89. The number of carbonyl (C=O) groups is 1. The molecule has 4 heteroatoms. The molecule has 100 valence electrons. The van der Waals surface area contributed by atoms with Crippen LogP contribution in [0.2, 0.25) is 0 Å². The first-order valence-electron chi connectivity index (χ1n) is 6.20. The van der Waals surface area contributed by atoms with Crippen molar-refractivity contribution in [3.63, 3.8) is 0 Å². The fourth-order valence-electron chi connectivity index (χ4n) is 2.63. The van der Waals surface area contributed by atoms with E-state index >= 15 is 0 Å². The molecule has 1 aromatic rings. The highest BCUT2D eigenvalue weighted by Crippen LogP contribution is 2.35. The monoisotopic (exact) mass is 313 g/mol. The largest absolute Gasteiger partial charge is 0.481 e. The van der Waals surface area contributed by atoms with Gasteiger partial charge in [-0.25, -0.2) is 0 Å². The molecule has 0 aliphatic carbocycles. The van der Waals surface area contributed by atoms with E-state index in [1.54, 1.807) is 0 Å². The van der Waals surface area contributed by atoms with Crippen LogP contribution in [0, 0.1) is 0 Å². The van der Waals surface area contributed by atoms with Crippen molar-refractivity contribution in [2.45, 2.75) is 25.2 Å². The summed E-state index contributed by atoms with van der Waals surface area (Å²) in [7, 11) is 0. The SMILES string of the molecule is Br.CCN1CCC(C(=O)O)(c2ccccc2)CC1. The first kappa shape index (κ1) is 15.2. The molecule has 0 radical (unpaired) electrons. The van der Waals surface area contributed by atoms with E-state index in [9.17, 15) is 9.90 Å². The van der Waals surface area contributed by atoms with Crippen molar-refractivity contribution in [1.82, 2.24) is 4.90 Å². The number of carboxylic acids is 1. The van der Waals surface area contributed by atoms with Crippen LogP contribution in [-0.4, -0.2) is 35.6 Å². The lowest BCUT2D eigenvalue weighted by Crippen LogP contribution is -2.47. The van der Waals surface area contributed by atoms with Crippen molar-refractivity contribution < 1.29 is 9.90 Å². The van der Waals surface area contributed by atoms with Gasteiger partial charge in [0.2, 0.25) is 0 Å². The van der Waals surface area contributed by atoms with Crippen LogP contribution < -0.4 is 0 Å². The number of rotatable bonds is 3. The second-order valence-corrected chi connectivity index (χ2v) is 4.69. The molecule has 1 heterocycles. The predicted octanol–water partition coefficient (Wildman–Crippen LogP) is 2.70. The van der Waals surface area contributed by atoms with Gasteiger partial charge in [-0.15, -0.1) is 17.0 Å². The zero-order valence-electron chi connectivity index (χ0n) is 10.6. The molecular weight excluding hydrogens is 294 g/mol. The number of halogens is 1. The minimum absolute atomic E-state index is 0. The first-order chi connectivity index (χ1) is 8.19. The Morgan fingerprint density at radius 1 is 1.28 bits per heavy atom. The number of hydrogen-bond acceptors (Lipinski definition) is 2. The van der Waals surface area contributed by atoms with Crippen LogP contribution in [0.1, 0.15) is 25.3 Å². The van der Waals surface area contributed by atoms with Gasteiger partial charge in [-0.2, -0.15) is 0 Å². The summed E-state index contributed by atoms with van der Waals surface area (Å²) in [5.41, 5.74) is 0.274. The minimum Gasteiger partial charge on any atom is -0.481 e. The third-order valence-electron chi connectivity index (χ3n) is 3.89. The average molecular weight is 314 g/mol. The Balaban J connectivity index is 0.00000162. The molecule has 0 atom stereocenters. The standard InChI is InChI=1S/C14H19NO2.BrH/c1-2-15-10-8-14(9-11-15,13(16)17)12-6-4-3-5-7-12;/h3-7H,2,8-11H2,1H3,(H,16,17);1H. The summed E-state index contributed by atoms with van der Waals surface area (Å²) in [5, 5.41) is 9.58. The Hall–Kier alpha value is -0.870. The summed E-state index contributed by atoms with van der Waals surface area (Å²) < 4.78 is 0. The first-order valence-corrected chi connectivity index (χ1v) is 6.20. The highest BCUT2D eigenvalue weighted by molar-refractivity contribution is 8.93. The van der Waals surface area contributed by atoms with E-state index in [1.807, 2.05) is 30.3 Å². The lowest BCUT2D eigenvalue weighted by atomic mass is 9.73. The van der Waals surface area contributed by atoms with Gasteiger partial charge in [0.05, 0.1) is 5.41 Å². The molecule has 0 spiro atoms. The van der Waals surface area contributed by atoms with E-state index in [4.69, 9.17) is 0 Å². The minimum atomic E-state index is -0.681. The van der Waals surface area contributed by atoms with Crippen molar-refractivity contribution in [3.8, 4) is 0 Å². The quantitative estimate of drug-likeness (QED) is 0.932. The smallest absolute Gasteiger partial charge is 0.314 e. The summed E-state index contributed by atoms with van der Waals surface area (Å²) in [6.07, 6.45) is 1.42. The summed E-state index contributed by atoms with van der Waals surface area (Å²) in [6.45, 7) is 4.87. The number of likely N-dealkylation sites (tertiary alicyclic amines) is 1. The summed E-state index contributed by atoms with van der Waals surface area (Å²) in [5.74, 6) is -0.681. The van der Waals surface area contributed by atoms with Crippen molar-refractivity contribution >= 4 is 23.0 Å². The van der Waals surface area contributed by atoms with E-state index in [2.05, 4.69) is 11.8 Å². The number of aliphatic carboxylic acids is 1. The molecule has 0 amide bonds. The molecule has 1 saturated heterocycles. The normalized spacial score (nSPS) is 18.9. The molecule has 0 bridgehead atoms. The highest BCUT2D eigenvalue weighted by Gasteiger charge is 2.42. The van der Waals surface area contributed by atoms with Crippen LogP contribution in [-0.2, 0) is 10.2 Å². The van der Waals surface area contributed by atoms with Gasteiger partial charge in [0.1, 0.15) is 0 Å². The molecule has 0 aromatic heterocycles. The van der Waals surface area contributed by atoms with E-state index in [1.165, 1.54) is 0 Å². The lowest BCUT2D eigenvalue weighted by Gasteiger charge is -2.38. The molecule has 1 aliphatic rings. The predicted molar refractivity (Wildman–Crippen MR) is 77.4 cm³/mol. The van der Waals surface area contributed by atoms with Crippen molar-refractivity contribution in [3.05, 3.63) is 35.9 Å². The molecule has 2 rings (SSSR count). The van der Waals surface area contributed by atoms with E-state index in [0.29, 0.717) is 12.8 Å². The molecule has 18 heavy (non-hydrogen) atoms. The Morgan fingerprint density at radius 2 is 1.83 bits per heavy atom. The fourth-order valence-corrected chi connectivity index (χ4v) is 2.63. The van der Waals surface area contributed by atoms with Crippen LogP contribution in [0.15, 0.2) is 30.3 Å². The maximum Gasteiger partial charge on any atom is 0.314 e. The van der Waals surface area contributed by atoms with Gasteiger partial charge in [0, 0.05) is 0 Å². The zero-order chi connectivity index (χ0) is 12.3. The molecule has 1 aromatic carbocycles. The number of hydrogen-bond donors (Lipinski definition) is 1. The number of benzene rings is 1. The summed E-state index contributed by atoms with van der Waals surface area (Å²) in [4.78, 5) is 14.0. The van der Waals surface area contributed by atoms with Crippen LogP contribution in [0.5, 0.6) is 0 Å². The van der Waals surface area contributed by atoms with Crippen LogP contribution in [0.4, 0.5) is 0 Å². The fraction of sp³-hybridized carbons (Fsp3) is 0.500. The van der Waals surface area contributed by atoms with Gasteiger partial charge >= 0.3 is 5.97 Å². The van der Waals surface area contributed by atoms with Gasteiger partial charge in [0.15, 0.2) is 0 Å². The van der Waals surface area contributed by atoms with E-state index in [-0.39, 0.29) is 17.0 Å². The van der Waals surface area contributed by atoms with Crippen molar-refractivity contribution in [2.24, 2.45) is 0 Å². The van der Waals surface area contributed by atoms with Gasteiger partial charge in [-0.3, -0.25) is 4.79 Å².